The van der Waals surface area contributed by atoms with E-state index >= 15 is 0 Å². The maximum Gasteiger partial charge on any atom is 0.303 e. The number of nitrogens with zero attached hydrogens (tertiary/aromatic N) is 1. The Bertz CT molecular complexity index is 530. The van der Waals surface area contributed by atoms with Crippen molar-refractivity contribution in [2.24, 2.45) is 5.92 Å². The molecular formula is C14H16ClNO3S. The number of aliphatic carboxylic acids is 1. The number of hydrogen-bond acceptors (Lipinski definition) is 3. The molecule has 1 N–H and O–H groups in total. The Morgan fingerprint density at radius 2 is 1.95 bits per heavy atom. The van der Waals surface area contributed by atoms with E-state index in [4.69, 9.17) is 16.7 Å². The van der Waals surface area contributed by atoms with Gasteiger partial charge in [0.2, 0.25) is 0 Å². The number of thiophene rings is 1. The summed E-state index contributed by atoms with van der Waals surface area (Å²) in [5, 5.41) is 8.92. The van der Waals surface area contributed by atoms with Crippen molar-refractivity contribution in [2.45, 2.75) is 44.2 Å². The molecule has 0 aromatic carbocycles. The number of rotatable bonds is 3. The predicted octanol–water partition coefficient (Wildman–Crippen LogP) is 3.26. The summed E-state index contributed by atoms with van der Waals surface area (Å²) in [5.41, 5.74) is 0. The maximum absolute atomic E-state index is 12.6. The molecule has 3 heterocycles. The Hall–Kier alpha value is -1.07. The molecule has 1 aromatic rings. The third-order valence-electron chi connectivity index (χ3n) is 4.31. The van der Waals surface area contributed by atoms with Gasteiger partial charge in [-0.1, -0.05) is 11.6 Å². The Kier molecular flexibility index (Phi) is 3.73. The predicted molar refractivity (Wildman–Crippen MR) is 77.3 cm³/mol. The zero-order valence-electron chi connectivity index (χ0n) is 10.9. The standard InChI is InChI=1S/C14H16ClNO3S/c15-12-4-3-11(20-12)14(19)16-9-1-2-10(16)6-8(5-9)7-13(17)18/h3-4,8-10H,1-2,5-7H2,(H,17,18). The summed E-state index contributed by atoms with van der Waals surface area (Å²) >= 11 is 7.21. The quantitative estimate of drug-likeness (QED) is 0.932. The minimum absolute atomic E-state index is 0.0585. The second kappa shape index (κ2) is 5.37. The van der Waals surface area contributed by atoms with E-state index in [0.717, 1.165) is 25.7 Å². The highest BCUT2D eigenvalue weighted by atomic mass is 35.5. The van der Waals surface area contributed by atoms with Crippen LogP contribution in [0.4, 0.5) is 0 Å². The summed E-state index contributed by atoms with van der Waals surface area (Å²) < 4.78 is 0.626. The largest absolute Gasteiger partial charge is 0.481 e. The van der Waals surface area contributed by atoms with E-state index in [1.54, 1.807) is 12.1 Å². The molecule has 2 bridgehead atoms. The van der Waals surface area contributed by atoms with Gasteiger partial charge in [-0.25, -0.2) is 0 Å². The monoisotopic (exact) mass is 313 g/mol. The van der Waals surface area contributed by atoms with Crippen LogP contribution in [0.1, 0.15) is 41.8 Å². The number of piperidine rings is 1. The fourth-order valence-electron chi connectivity index (χ4n) is 3.59. The highest BCUT2D eigenvalue weighted by Crippen LogP contribution is 2.41. The summed E-state index contributed by atoms with van der Waals surface area (Å²) in [7, 11) is 0. The minimum atomic E-state index is -0.737. The van der Waals surface area contributed by atoms with E-state index < -0.39 is 5.97 Å². The summed E-state index contributed by atoms with van der Waals surface area (Å²) in [6, 6.07) is 3.93. The van der Waals surface area contributed by atoms with Crippen molar-refractivity contribution in [3.8, 4) is 0 Å². The Labute approximate surface area is 126 Å². The summed E-state index contributed by atoms with van der Waals surface area (Å²) in [4.78, 5) is 26.1. The lowest BCUT2D eigenvalue weighted by molar-refractivity contribution is -0.138. The fourth-order valence-corrected chi connectivity index (χ4v) is 4.58. The highest BCUT2D eigenvalue weighted by Gasteiger charge is 2.43. The number of amides is 1. The van der Waals surface area contributed by atoms with Crippen LogP contribution in [0.5, 0.6) is 0 Å². The number of carbonyl (C=O) groups is 2. The molecule has 108 valence electrons. The van der Waals surface area contributed by atoms with Gasteiger partial charge in [-0.3, -0.25) is 9.59 Å². The number of halogens is 1. The van der Waals surface area contributed by atoms with Gasteiger partial charge in [0.15, 0.2) is 0 Å². The third-order valence-corrected chi connectivity index (χ3v) is 5.53. The summed E-state index contributed by atoms with van der Waals surface area (Å²) in [5.74, 6) is -0.469. The van der Waals surface area contributed by atoms with Crippen LogP contribution in [0.15, 0.2) is 12.1 Å². The molecule has 0 radical (unpaired) electrons. The molecule has 3 rings (SSSR count). The van der Waals surface area contributed by atoms with E-state index in [2.05, 4.69) is 0 Å². The van der Waals surface area contributed by atoms with Crippen LogP contribution >= 0.6 is 22.9 Å². The molecule has 4 nitrogen and oxygen atoms in total. The van der Waals surface area contributed by atoms with Crippen molar-refractivity contribution in [3.05, 3.63) is 21.3 Å². The normalized spacial score (nSPS) is 28.6. The lowest BCUT2D eigenvalue weighted by atomic mass is 9.88. The Balaban J connectivity index is 1.74. The van der Waals surface area contributed by atoms with Gasteiger partial charge in [0.05, 0.1) is 9.21 Å². The zero-order chi connectivity index (χ0) is 14.3. The number of hydrogen-bond donors (Lipinski definition) is 1. The first kappa shape index (κ1) is 13.9. The summed E-state index contributed by atoms with van der Waals surface area (Å²) in [6.07, 6.45) is 3.83. The average molecular weight is 314 g/mol. The molecule has 2 atom stereocenters. The van der Waals surface area contributed by atoms with Gasteiger partial charge in [-0.2, -0.15) is 0 Å². The molecule has 20 heavy (non-hydrogen) atoms. The van der Waals surface area contributed by atoms with Gasteiger partial charge in [-0.15, -0.1) is 11.3 Å². The van der Waals surface area contributed by atoms with Gasteiger partial charge in [0, 0.05) is 18.5 Å². The first-order valence-corrected chi connectivity index (χ1v) is 8.04. The first-order valence-electron chi connectivity index (χ1n) is 6.84. The second-order valence-electron chi connectivity index (χ2n) is 5.64. The van der Waals surface area contributed by atoms with Crippen LogP contribution in [0.3, 0.4) is 0 Å². The number of carbonyl (C=O) groups excluding carboxylic acids is 1. The van der Waals surface area contributed by atoms with Crippen LogP contribution in [0, 0.1) is 5.92 Å². The van der Waals surface area contributed by atoms with Gasteiger partial charge < -0.3 is 10.0 Å². The lowest BCUT2D eigenvalue weighted by Gasteiger charge is -2.38. The molecular weight excluding hydrogens is 298 g/mol. The molecule has 2 aliphatic heterocycles. The SMILES string of the molecule is O=C(O)CC1CC2CCC(C1)N2C(=O)c1ccc(Cl)s1. The summed E-state index contributed by atoms with van der Waals surface area (Å²) in [6.45, 7) is 0. The second-order valence-corrected chi connectivity index (χ2v) is 7.35. The molecule has 1 aromatic heterocycles. The van der Waals surface area contributed by atoms with E-state index in [9.17, 15) is 9.59 Å². The molecule has 2 aliphatic rings. The number of carboxylic acids is 1. The third kappa shape index (κ3) is 2.56. The van der Waals surface area contributed by atoms with Crippen molar-refractivity contribution in [3.63, 3.8) is 0 Å². The smallest absolute Gasteiger partial charge is 0.303 e. The van der Waals surface area contributed by atoms with E-state index in [-0.39, 0.29) is 30.3 Å². The Morgan fingerprint density at radius 1 is 1.30 bits per heavy atom. The van der Waals surface area contributed by atoms with Gasteiger partial charge in [-0.05, 0) is 43.7 Å². The van der Waals surface area contributed by atoms with Crippen molar-refractivity contribution in [1.29, 1.82) is 0 Å². The molecule has 2 saturated heterocycles. The van der Waals surface area contributed by atoms with Crippen molar-refractivity contribution in [2.75, 3.05) is 0 Å². The molecule has 1 amide bonds. The lowest BCUT2D eigenvalue weighted by Crippen LogP contribution is -2.46. The number of carboxylic acid groups (broad SMARTS) is 1. The average Bonchev–Trinajstić information content (AvgIpc) is 2.91. The van der Waals surface area contributed by atoms with E-state index in [1.165, 1.54) is 11.3 Å². The van der Waals surface area contributed by atoms with Crippen LogP contribution in [-0.4, -0.2) is 34.0 Å². The molecule has 0 spiro atoms. The Morgan fingerprint density at radius 3 is 2.45 bits per heavy atom. The van der Waals surface area contributed by atoms with E-state index in [0.29, 0.717) is 9.21 Å². The molecule has 0 saturated carbocycles. The highest BCUT2D eigenvalue weighted by molar-refractivity contribution is 7.17. The maximum atomic E-state index is 12.6. The molecule has 2 unspecified atom stereocenters. The van der Waals surface area contributed by atoms with Crippen LogP contribution in [0.25, 0.3) is 0 Å². The topological polar surface area (TPSA) is 57.6 Å². The van der Waals surface area contributed by atoms with Crippen molar-refractivity contribution >= 4 is 34.8 Å². The molecule has 2 fully saturated rings. The number of fused-ring (bicyclic) bond motifs is 2. The van der Waals surface area contributed by atoms with Crippen LogP contribution in [-0.2, 0) is 4.79 Å². The van der Waals surface area contributed by atoms with Gasteiger partial charge >= 0.3 is 5.97 Å². The minimum Gasteiger partial charge on any atom is -0.481 e. The zero-order valence-corrected chi connectivity index (χ0v) is 12.5. The van der Waals surface area contributed by atoms with Gasteiger partial charge in [0.1, 0.15) is 0 Å². The van der Waals surface area contributed by atoms with Crippen LogP contribution < -0.4 is 0 Å². The van der Waals surface area contributed by atoms with Crippen molar-refractivity contribution in [1.82, 2.24) is 4.90 Å². The van der Waals surface area contributed by atoms with Crippen LogP contribution in [0.2, 0.25) is 4.34 Å². The molecule has 6 heteroatoms. The first-order chi connectivity index (χ1) is 9.54. The fraction of sp³-hybridized carbons (Fsp3) is 0.571. The molecule has 0 aliphatic carbocycles. The van der Waals surface area contributed by atoms with Gasteiger partial charge in [0.25, 0.3) is 5.91 Å². The van der Waals surface area contributed by atoms with Crippen molar-refractivity contribution < 1.29 is 14.7 Å². The van der Waals surface area contributed by atoms with E-state index in [1.807, 2.05) is 4.90 Å².